The molecule has 2 aromatic carbocycles. The first-order chi connectivity index (χ1) is 11.0. The number of amides is 1. The lowest BCUT2D eigenvalue weighted by Gasteiger charge is -2.08. The molecule has 0 aliphatic heterocycles. The van der Waals surface area contributed by atoms with Gasteiger partial charge in [0.25, 0.3) is 0 Å². The molecule has 0 spiro atoms. The number of hydrogen-bond acceptors (Lipinski definition) is 2. The molecule has 0 saturated heterocycles. The number of hydrogen-bond donors (Lipinski definition) is 2. The summed E-state index contributed by atoms with van der Waals surface area (Å²) >= 11 is 0. The minimum Gasteiger partial charge on any atom is -0.382 e. The first-order valence-electron chi connectivity index (χ1n) is 7.24. The van der Waals surface area contributed by atoms with Crippen molar-refractivity contribution in [3.05, 3.63) is 65.5 Å². The van der Waals surface area contributed by atoms with Crippen molar-refractivity contribution in [2.75, 3.05) is 18.4 Å². The molecule has 0 aliphatic carbocycles. The summed E-state index contributed by atoms with van der Waals surface area (Å²) in [6, 6.07) is 9.30. The van der Waals surface area contributed by atoms with E-state index in [1.165, 1.54) is 18.2 Å². The molecule has 0 fully saturated rings. The number of benzene rings is 2. The molecule has 0 aliphatic rings. The van der Waals surface area contributed by atoms with E-state index in [4.69, 9.17) is 0 Å². The Bertz CT molecular complexity index is 659. The minimum atomic E-state index is -0.693. The summed E-state index contributed by atoms with van der Waals surface area (Å²) in [6.07, 6.45) is 0.770. The summed E-state index contributed by atoms with van der Waals surface area (Å²) in [4.78, 5) is 11.7. The predicted octanol–water partition coefficient (Wildman–Crippen LogP) is 3.26. The van der Waals surface area contributed by atoms with Gasteiger partial charge < -0.3 is 10.6 Å². The molecule has 0 saturated carbocycles. The fourth-order valence-electron chi connectivity index (χ4n) is 2.03. The molecule has 122 valence electrons. The largest absolute Gasteiger partial charge is 0.382 e. The maximum absolute atomic E-state index is 13.4. The molecule has 2 aromatic rings. The van der Waals surface area contributed by atoms with Gasteiger partial charge in [0.2, 0.25) is 5.91 Å². The third-order valence-corrected chi connectivity index (χ3v) is 3.25. The van der Waals surface area contributed by atoms with Crippen molar-refractivity contribution in [1.29, 1.82) is 0 Å². The van der Waals surface area contributed by atoms with Crippen molar-refractivity contribution in [2.24, 2.45) is 0 Å². The smallest absolute Gasteiger partial charge is 0.221 e. The lowest BCUT2D eigenvalue weighted by molar-refractivity contribution is -0.120. The van der Waals surface area contributed by atoms with Crippen LogP contribution < -0.4 is 10.6 Å². The predicted molar refractivity (Wildman–Crippen MR) is 82.6 cm³/mol. The van der Waals surface area contributed by atoms with Crippen LogP contribution in [0.4, 0.5) is 18.9 Å². The van der Waals surface area contributed by atoms with Crippen LogP contribution in [0.2, 0.25) is 0 Å². The maximum atomic E-state index is 13.4. The third kappa shape index (κ3) is 5.65. The molecule has 2 N–H and O–H groups in total. The van der Waals surface area contributed by atoms with Crippen LogP contribution >= 0.6 is 0 Å². The van der Waals surface area contributed by atoms with Crippen LogP contribution in [0.1, 0.15) is 12.0 Å². The zero-order valence-electron chi connectivity index (χ0n) is 12.4. The second-order valence-electron chi connectivity index (χ2n) is 5.03. The molecule has 0 unspecified atom stereocenters. The second-order valence-corrected chi connectivity index (χ2v) is 5.03. The topological polar surface area (TPSA) is 41.1 Å². The van der Waals surface area contributed by atoms with E-state index in [9.17, 15) is 18.0 Å². The first-order valence-corrected chi connectivity index (χ1v) is 7.24. The maximum Gasteiger partial charge on any atom is 0.221 e. The van der Waals surface area contributed by atoms with Crippen LogP contribution in [0.15, 0.2) is 42.5 Å². The van der Waals surface area contributed by atoms with Gasteiger partial charge in [0.1, 0.15) is 17.5 Å². The molecule has 0 aromatic heterocycles. The Morgan fingerprint density at radius 3 is 2.30 bits per heavy atom. The monoisotopic (exact) mass is 322 g/mol. The lowest BCUT2D eigenvalue weighted by Crippen LogP contribution is -2.27. The highest BCUT2D eigenvalue weighted by Gasteiger charge is 2.05. The van der Waals surface area contributed by atoms with Gasteiger partial charge in [-0.05, 0) is 36.2 Å². The Morgan fingerprint density at radius 2 is 1.61 bits per heavy atom. The standard InChI is InChI=1S/C17H17F3N2O/c18-13-3-1-12(2-4-13)7-9-22-17(23)8-10-21-16-6-5-14(19)11-15(16)20/h1-6,11,21H,7-10H2,(H,22,23). The molecule has 2 rings (SSSR count). The molecular weight excluding hydrogens is 305 g/mol. The molecule has 3 nitrogen and oxygen atoms in total. The Balaban J connectivity index is 1.66. The first kappa shape index (κ1) is 16.9. The van der Waals surface area contributed by atoms with Crippen LogP contribution in [0.3, 0.4) is 0 Å². The third-order valence-electron chi connectivity index (χ3n) is 3.25. The fourth-order valence-corrected chi connectivity index (χ4v) is 2.03. The zero-order valence-corrected chi connectivity index (χ0v) is 12.4. The number of rotatable bonds is 7. The number of nitrogens with one attached hydrogen (secondary N) is 2. The summed E-state index contributed by atoms with van der Waals surface area (Å²) in [7, 11) is 0. The Kier molecular flexibility index (Phi) is 6.02. The second kappa shape index (κ2) is 8.22. The van der Waals surface area contributed by atoms with Crippen LogP contribution in [-0.2, 0) is 11.2 Å². The van der Waals surface area contributed by atoms with Gasteiger partial charge in [-0.1, -0.05) is 12.1 Å². The normalized spacial score (nSPS) is 10.4. The summed E-state index contributed by atoms with van der Waals surface area (Å²) in [5.41, 5.74) is 1.09. The SMILES string of the molecule is O=C(CCNc1ccc(F)cc1F)NCCc1ccc(F)cc1. The van der Waals surface area contributed by atoms with Crippen molar-refractivity contribution in [3.63, 3.8) is 0 Å². The molecule has 1 amide bonds. The van der Waals surface area contributed by atoms with Crippen molar-refractivity contribution >= 4 is 11.6 Å². The van der Waals surface area contributed by atoms with Crippen LogP contribution in [0.25, 0.3) is 0 Å². The van der Waals surface area contributed by atoms with Crippen LogP contribution in [0.5, 0.6) is 0 Å². The van der Waals surface area contributed by atoms with Gasteiger partial charge in [0.15, 0.2) is 0 Å². The van der Waals surface area contributed by atoms with Crippen molar-refractivity contribution in [2.45, 2.75) is 12.8 Å². The number of carbonyl (C=O) groups is 1. The summed E-state index contributed by atoms with van der Waals surface area (Å²) < 4.78 is 38.9. The Labute approximate surface area is 132 Å². The highest BCUT2D eigenvalue weighted by atomic mass is 19.1. The van der Waals surface area contributed by atoms with Crippen molar-refractivity contribution in [3.8, 4) is 0 Å². The minimum absolute atomic E-state index is 0.158. The fraction of sp³-hybridized carbons (Fsp3) is 0.235. The quantitative estimate of drug-likeness (QED) is 0.821. The average Bonchev–Trinajstić information content (AvgIpc) is 2.51. The molecule has 0 radical (unpaired) electrons. The van der Waals surface area contributed by atoms with Crippen LogP contribution in [0, 0.1) is 17.5 Å². The van der Waals surface area contributed by atoms with E-state index in [0.717, 1.165) is 17.7 Å². The molecule has 0 bridgehead atoms. The van der Waals surface area contributed by atoms with E-state index in [1.807, 2.05) is 0 Å². The van der Waals surface area contributed by atoms with E-state index in [1.54, 1.807) is 12.1 Å². The number of carbonyl (C=O) groups excluding carboxylic acids is 1. The number of halogens is 3. The van der Waals surface area contributed by atoms with Gasteiger partial charge in [0.05, 0.1) is 5.69 Å². The van der Waals surface area contributed by atoms with Gasteiger partial charge >= 0.3 is 0 Å². The molecule has 0 heterocycles. The van der Waals surface area contributed by atoms with E-state index in [-0.39, 0.29) is 30.4 Å². The summed E-state index contributed by atoms with van der Waals surface area (Å²) in [5, 5.41) is 5.47. The molecule has 0 atom stereocenters. The molecule has 6 heteroatoms. The highest BCUT2D eigenvalue weighted by molar-refractivity contribution is 5.76. The van der Waals surface area contributed by atoms with Gasteiger partial charge in [0, 0.05) is 25.6 Å². The van der Waals surface area contributed by atoms with Crippen molar-refractivity contribution < 1.29 is 18.0 Å². The van der Waals surface area contributed by atoms with E-state index in [2.05, 4.69) is 10.6 Å². The zero-order chi connectivity index (χ0) is 16.7. The lowest BCUT2D eigenvalue weighted by atomic mass is 10.1. The summed E-state index contributed by atoms with van der Waals surface area (Å²) in [6.45, 7) is 0.681. The van der Waals surface area contributed by atoms with E-state index in [0.29, 0.717) is 13.0 Å². The van der Waals surface area contributed by atoms with Gasteiger partial charge in [-0.15, -0.1) is 0 Å². The van der Waals surface area contributed by atoms with E-state index >= 15 is 0 Å². The average molecular weight is 322 g/mol. The van der Waals surface area contributed by atoms with Gasteiger partial charge in [-0.25, -0.2) is 13.2 Å². The molecule has 23 heavy (non-hydrogen) atoms. The Hall–Kier alpha value is -2.50. The van der Waals surface area contributed by atoms with Crippen LogP contribution in [-0.4, -0.2) is 19.0 Å². The van der Waals surface area contributed by atoms with Gasteiger partial charge in [-0.2, -0.15) is 0 Å². The Morgan fingerprint density at radius 1 is 0.913 bits per heavy atom. The van der Waals surface area contributed by atoms with E-state index < -0.39 is 11.6 Å². The van der Waals surface area contributed by atoms with Crippen molar-refractivity contribution in [1.82, 2.24) is 5.32 Å². The highest BCUT2D eigenvalue weighted by Crippen LogP contribution is 2.14. The van der Waals surface area contributed by atoms with Gasteiger partial charge in [-0.3, -0.25) is 4.79 Å². The number of anilines is 1. The molecular formula is C17H17F3N2O. The summed E-state index contributed by atoms with van der Waals surface area (Å²) in [5.74, 6) is -1.81.